The minimum Gasteiger partial charge on any atom is -0.356 e. The van der Waals surface area contributed by atoms with Gasteiger partial charge in [-0.15, -0.1) is 11.3 Å². The van der Waals surface area contributed by atoms with Crippen molar-refractivity contribution >= 4 is 38.4 Å². The third-order valence-electron chi connectivity index (χ3n) is 2.92. The highest BCUT2D eigenvalue weighted by atomic mass is 32.1. The van der Waals surface area contributed by atoms with Gasteiger partial charge in [0, 0.05) is 12.1 Å². The lowest BCUT2D eigenvalue weighted by Crippen LogP contribution is -1.83. The second-order valence-corrected chi connectivity index (χ2v) is 5.90. The van der Waals surface area contributed by atoms with E-state index in [9.17, 15) is 0 Å². The number of allylic oxidation sites excluding steroid dienone is 3. The van der Waals surface area contributed by atoms with Gasteiger partial charge in [-0.2, -0.15) is 0 Å². The van der Waals surface area contributed by atoms with Crippen LogP contribution in [0.4, 0.5) is 0 Å². The standard InChI is InChI=1S/C13H9N3S2/c1-2-4-8-6-10(15-9(8)5-3-1)11-16-13-12(18-11)14-7-17-13/h1-4,6-7,15H,5H2. The van der Waals surface area contributed by atoms with Crippen molar-refractivity contribution in [1.29, 1.82) is 0 Å². The Morgan fingerprint density at radius 3 is 3.17 bits per heavy atom. The topological polar surface area (TPSA) is 41.6 Å². The van der Waals surface area contributed by atoms with Gasteiger partial charge in [0.25, 0.3) is 0 Å². The summed E-state index contributed by atoms with van der Waals surface area (Å²) in [6.45, 7) is 0. The molecule has 0 saturated carbocycles. The molecule has 0 aliphatic heterocycles. The van der Waals surface area contributed by atoms with Crippen molar-refractivity contribution in [3.63, 3.8) is 0 Å². The van der Waals surface area contributed by atoms with Crippen molar-refractivity contribution in [2.45, 2.75) is 6.42 Å². The summed E-state index contributed by atoms with van der Waals surface area (Å²) in [6.07, 6.45) is 9.39. The maximum Gasteiger partial charge on any atom is 0.155 e. The Kier molecular flexibility index (Phi) is 2.21. The van der Waals surface area contributed by atoms with E-state index in [-0.39, 0.29) is 0 Å². The van der Waals surface area contributed by atoms with E-state index in [1.165, 1.54) is 11.3 Å². The fraction of sp³-hybridized carbons (Fsp3) is 0.0769. The largest absolute Gasteiger partial charge is 0.356 e. The van der Waals surface area contributed by atoms with Crippen LogP contribution in [0.3, 0.4) is 0 Å². The number of H-pyrrole nitrogens is 1. The SMILES string of the molecule is C1=CCc2[nH]c(-c3nc4scnc4s3)cc2C=C1. The second kappa shape index (κ2) is 3.90. The number of aromatic amines is 1. The van der Waals surface area contributed by atoms with E-state index in [4.69, 9.17) is 0 Å². The van der Waals surface area contributed by atoms with E-state index in [0.29, 0.717) is 0 Å². The molecule has 5 heteroatoms. The fourth-order valence-electron chi connectivity index (χ4n) is 2.07. The molecule has 1 aliphatic carbocycles. The average Bonchev–Trinajstić information content (AvgIpc) is 3.00. The Labute approximate surface area is 112 Å². The predicted molar refractivity (Wildman–Crippen MR) is 77.0 cm³/mol. The molecule has 0 atom stereocenters. The lowest BCUT2D eigenvalue weighted by atomic mass is 10.2. The first-order valence-corrected chi connectivity index (χ1v) is 7.35. The Morgan fingerprint density at radius 1 is 1.22 bits per heavy atom. The molecular weight excluding hydrogens is 262 g/mol. The van der Waals surface area contributed by atoms with E-state index in [1.54, 1.807) is 22.7 Å². The van der Waals surface area contributed by atoms with Crippen molar-refractivity contribution in [3.05, 3.63) is 41.1 Å². The molecule has 1 N–H and O–H groups in total. The quantitative estimate of drug-likeness (QED) is 0.730. The monoisotopic (exact) mass is 271 g/mol. The van der Waals surface area contributed by atoms with Crippen LogP contribution in [0.2, 0.25) is 0 Å². The van der Waals surface area contributed by atoms with E-state index in [1.807, 2.05) is 5.51 Å². The molecule has 3 aromatic heterocycles. The van der Waals surface area contributed by atoms with Gasteiger partial charge in [0.15, 0.2) is 9.66 Å². The molecule has 4 rings (SSSR count). The molecule has 3 heterocycles. The lowest BCUT2D eigenvalue weighted by Gasteiger charge is -1.92. The van der Waals surface area contributed by atoms with Crippen molar-refractivity contribution in [2.75, 3.05) is 0 Å². The molecule has 0 unspecified atom stereocenters. The van der Waals surface area contributed by atoms with Crippen LogP contribution < -0.4 is 0 Å². The van der Waals surface area contributed by atoms with Gasteiger partial charge in [-0.25, -0.2) is 9.97 Å². The molecule has 18 heavy (non-hydrogen) atoms. The lowest BCUT2D eigenvalue weighted by molar-refractivity contribution is 1.15. The van der Waals surface area contributed by atoms with Crippen molar-refractivity contribution in [3.8, 4) is 10.7 Å². The Morgan fingerprint density at radius 2 is 2.22 bits per heavy atom. The fourth-order valence-corrected chi connectivity index (χ4v) is 3.79. The zero-order chi connectivity index (χ0) is 11.9. The molecule has 3 nitrogen and oxygen atoms in total. The van der Waals surface area contributed by atoms with Gasteiger partial charge in [-0.1, -0.05) is 35.6 Å². The van der Waals surface area contributed by atoms with Crippen LogP contribution in [-0.4, -0.2) is 15.0 Å². The highest BCUT2D eigenvalue weighted by Gasteiger charge is 2.12. The van der Waals surface area contributed by atoms with Crippen LogP contribution >= 0.6 is 22.7 Å². The molecule has 0 bridgehead atoms. The first kappa shape index (κ1) is 10.2. The van der Waals surface area contributed by atoms with Gasteiger partial charge in [-0.05, 0) is 11.6 Å². The van der Waals surface area contributed by atoms with E-state index in [0.717, 1.165) is 26.8 Å². The normalized spacial score (nSPS) is 14.0. The zero-order valence-electron chi connectivity index (χ0n) is 9.38. The highest BCUT2D eigenvalue weighted by Crippen LogP contribution is 2.32. The molecule has 0 aromatic carbocycles. The molecular formula is C13H9N3S2. The van der Waals surface area contributed by atoms with Crippen molar-refractivity contribution in [1.82, 2.24) is 15.0 Å². The molecule has 3 aromatic rings. The summed E-state index contributed by atoms with van der Waals surface area (Å²) < 4.78 is 0. The molecule has 0 fully saturated rings. The number of rotatable bonds is 1. The van der Waals surface area contributed by atoms with Gasteiger partial charge in [0.1, 0.15) is 5.01 Å². The minimum atomic E-state index is 0.945. The summed E-state index contributed by atoms with van der Waals surface area (Å²) in [6, 6.07) is 2.17. The average molecular weight is 271 g/mol. The van der Waals surface area contributed by atoms with E-state index in [2.05, 4.69) is 45.3 Å². The summed E-state index contributed by atoms with van der Waals surface area (Å²) in [4.78, 5) is 14.4. The summed E-state index contributed by atoms with van der Waals surface area (Å²) in [5, 5.41) is 1.02. The third kappa shape index (κ3) is 1.55. The van der Waals surface area contributed by atoms with E-state index >= 15 is 0 Å². The number of hydrogen-bond donors (Lipinski definition) is 1. The van der Waals surface area contributed by atoms with Crippen molar-refractivity contribution < 1.29 is 0 Å². The molecule has 0 amide bonds. The maximum absolute atomic E-state index is 4.61. The number of thiazole rings is 2. The molecule has 0 saturated heterocycles. The van der Waals surface area contributed by atoms with Crippen LogP contribution in [-0.2, 0) is 6.42 Å². The smallest absolute Gasteiger partial charge is 0.155 e. The van der Waals surface area contributed by atoms with Crippen molar-refractivity contribution in [2.24, 2.45) is 0 Å². The minimum absolute atomic E-state index is 0.945. The molecule has 88 valence electrons. The van der Waals surface area contributed by atoms with Crippen LogP contribution in [0.25, 0.3) is 26.4 Å². The van der Waals surface area contributed by atoms with Crippen LogP contribution in [0, 0.1) is 0 Å². The zero-order valence-corrected chi connectivity index (χ0v) is 11.0. The number of nitrogens with one attached hydrogen (secondary N) is 1. The molecule has 1 aliphatic rings. The number of hydrogen-bond acceptors (Lipinski definition) is 4. The first-order valence-electron chi connectivity index (χ1n) is 5.65. The van der Waals surface area contributed by atoms with Crippen LogP contribution in [0.1, 0.15) is 11.3 Å². The molecule has 0 spiro atoms. The number of nitrogens with zero attached hydrogens (tertiary/aromatic N) is 2. The summed E-state index contributed by atoms with van der Waals surface area (Å²) in [5.74, 6) is 0. The molecule has 0 radical (unpaired) electrons. The van der Waals surface area contributed by atoms with Gasteiger partial charge >= 0.3 is 0 Å². The van der Waals surface area contributed by atoms with Crippen LogP contribution in [0.15, 0.2) is 29.8 Å². The second-order valence-electron chi connectivity index (χ2n) is 4.09. The Balaban J connectivity index is 1.83. The van der Waals surface area contributed by atoms with Gasteiger partial charge in [-0.3, -0.25) is 0 Å². The van der Waals surface area contributed by atoms with E-state index < -0.39 is 0 Å². The summed E-state index contributed by atoms with van der Waals surface area (Å²) >= 11 is 3.23. The predicted octanol–water partition coefficient (Wildman–Crippen LogP) is 3.87. The van der Waals surface area contributed by atoms with Crippen LogP contribution in [0.5, 0.6) is 0 Å². The highest BCUT2D eigenvalue weighted by molar-refractivity contribution is 7.27. The Bertz CT molecular complexity index is 745. The Hall–Kier alpha value is -1.72. The number of fused-ring (bicyclic) bond motifs is 2. The van der Waals surface area contributed by atoms with Gasteiger partial charge < -0.3 is 4.98 Å². The number of aromatic nitrogens is 3. The first-order chi connectivity index (χ1) is 8.90. The van der Waals surface area contributed by atoms with Gasteiger partial charge in [0.2, 0.25) is 0 Å². The maximum atomic E-state index is 4.61. The third-order valence-corrected chi connectivity index (χ3v) is 4.77. The van der Waals surface area contributed by atoms with Gasteiger partial charge in [0.05, 0.1) is 11.2 Å². The summed E-state index contributed by atoms with van der Waals surface area (Å²) in [7, 11) is 0. The summed E-state index contributed by atoms with van der Waals surface area (Å²) in [5.41, 5.74) is 5.44.